The fourth-order valence-corrected chi connectivity index (χ4v) is 3.13. The van der Waals surface area contributed by atoms with Crippen LogP contribution in [0.1, 0.15) is 57.1 Å². The lowest BCUT2D eigenvalue weighted by Crippen LogP contribution is -2.44. The molecule has 1 atom stereocenters. The highest BCUT2D eigenvalue weighted by Crippen LogP contribution is 2.23. The van der Waals surface area contributed by atoms with E-state index in [0.29, 0.717) is 12.4 Å². The summed E-state index contributed by atoms with van der Waals surface area (Å²) in [5.74, 6) is 0.342. The second kappa shape index (κ2) is 9.91. The Hall–Kier alpha value is -2.24. The summed E-state index contributed by atoms with van der Waals surface area (Å²) < 4.78 is 10.3. The van der Waals surface area contributed by atoms with E-state index in [1.54, 1.807) is 14.0 Å². The Labute approximate surface area is 149 Å². The summed E-state index contributed by atoms with van der Waals surface area (Å²) in [4.78, 5) is 24.3. The predicted octanol–water partition coefficient (Wildman–Crippen LogP) is 3.32. The molecule has 0 spiro atoms. The van der Waals surface area contributed by atoms with E-state index in [1.807, 2.05) is 24.3 Å². The van der Waals surface area contributed by atoms with Crippen LogP contribution in [0.2, 0.25) is 0 Å². The summed E-state index contributed by atoms with van der Waals surface area (Å²) in [5, 5.41) is 5.93. The van der Waals surface area contributed by atoms with Crippen molar-refractivity contribution < 1.29 is 19.1 Å². The zero-order valence-electron chi connectivity index (χ0n) is 15.0. The van der Waals surface area contributed by atoms with E-state index in [0.717, 1.165) is 31.2 Å². The van der Waals surface area contributed by atoms with Gasteiger partial charge in [0, 0.05) is 6.04 Å². The van der Waals surface area contributed by atoms with Gasteiger partial charge in [0.2, 0.25) is 0 Å². The summed E-state index contributed by atoms with van der Waals surface area (Å²) >= 11 is 0. The van der Waals surface area contributed by atoms with Gasteiger partial charge < -0.3 is 20.1 Å². The highest BCUT2D eigenvalue weighted by atomic mass is 16.5. The fourth-order valence-electron chi connectivity index (χ4n) is 3.13. The van der Waals surface area contributed by atoms with E-state index in [4.69, 9.17) is 9.47 Å². The number of methoxy groups -OCH3 is 1. The lowest BCUT2D eigenvalue weighted by molar-refractivity contribution is -0.143. The molecule has 0 radical (unpaired) electrons. The van der Waals surface area contributed by atoms with E-state index in [2.05, 4.69) is 10.6 Å². The molecule has 2 amide bonds. The van der Waals surface area contributed by atoms with E-state index < -0.39 is 6.04 Å². The van der Waals surface area contributed by atoms with Crippen molar-refractivity contribution in [3.05, 3.63) is 29.8 Å². The summed E-state index contributed by atoms with van der Waals surface area (Å²) in [6.45, 7) is 2.08. The van der Waals surface area contributed by atoms with Crippen LogP contribution in [0.4, 0.5) is 4.79 Å². The molecule has 1 saturated carbocycles. The Morgan fingerprint density at radius 1 is 1.24 bits per heavy atom. The number of rotatable bonds is 7. The number of nitrogens with one attached hydrogen (secondary N) is 2. The molecule has 6 nitrogen and oxygen atoms in total. The zero-order chi connectivity index (χ0) is 18.1. The second-order valence-electron chi connectivity index (χ2n) is 6.29. The van der Waals surface area contributed by atoms with Gasteiger partial charge in [0.15, 0.2) is 0 Å². The first-order chi connectivity index (χ1) is 12.1. The molecule has 2 rings (SSSR count). The van der Waals surface area contributed by atoms with Crippen molar-refractivity contribution in [3.8, 4) is 5.75 Å². The summed E-state index contributed by atoms with van der Waals surface area (Å²) in [5.41, 5.74) is 0.811. The number of urea groups is 1. The SMILES string of the molecule is CCOC(=O)C[C@@H](NC(=O)NC1CCCCC1)c1cccc(OC)c1. The number of carbonyl (C=O) groups excluding carboxylic acids is 2. The molecule has 25 heavy (non-hydrogen) atoms. The average molecular weight is 348 g/mol. The molecule has 0 saturated heterocycles. The lowest BCUT2D eigenvalue weighted by atomic mass is 9.96. The van der Waals surface area contributed by atoms with Gasteiger partial charge in [-0.2, -0.15) is 0 Å². The Morgan fingerprint density at radius 3 is 2.68 bits per heavy atom. The normalized spacial score (nSPS) is 15.9. The Kier molecular flexibility index (Phi) is 7.57. The number of ether oxygens (including phenoxy) is 2. The molecule has 0 aliphatic heterocycles. The molecule has 0 aromatic heterocycles. The van der Waals surface area contributed by atoms with E-state index in [9.17, 15) is 9.59 Å². The number of amides is 2. The summed E-state index contributed by atoms with van der Waals surface area (Å²) in [6.07, 6.45) is 5.62. The molecule has 1 aromatic carbocycles. The molecule has 0 bridgehead atoms. The van der Waals surface area contributed by atoms with Gasteiger partial charge in [-0.05, 0) is 37.5 Å². The zero-order valence-corrected chi connectivity index (χ0v) is 15.0. The average Bonchev–Trinajstić information content (AvgIpc) is 2.62. The maximum Gasteiger partial charge on any atom is 0.315 e. The standard InChI is InChI=1S/C19H28N2O4/c1-3-25-18(22)13-17(14-8-7-11-16(12-14)24-2)21-19(23)20-15-9-5-4-6-10-15/h7-8,11-12,15,17H,3-6,9-10,13H2,1-2H3,(H2,20,21,23)/t17-/m1/s1. The Bertz CT molecular complexity index is 570. The van der Waals surface area contributed by atoms with Crippen LogP contribution < -0.4 is 15.4 Å². The van der Waals surface area contributed by atoms with Crippen LogP contribution >= 0.6 is 0 Å². The number of carbonyl (C=O) groups is 2. The monoisotopic (exact) mass is 348 g/mol. The molecular formula is C19H28N2O4. The molecule has 0 heterocycles. The van der Waals surface area contributed by atoms with E-state index in [1.165, 1.54) is 6.42 Å². The largest absolute Gasteiger partial charge is 0.497 e. The van der Waals surface area contributed by atoms with Crippen molar-refractivity contribution in [2.45, 2.75) is 57.5 Å². The number of hydrogen-bond donors (Lipinski definition) is 2. The predicted molar refractivity (Wildman–Crippen MR) is 95.5 cm³/mol. The highest BCUT2D eigenvalue weighted by molar-refractivity contribution is 5.77. The maximum atomic E-state index is 12.4. The molecule has 138 valence electrons. The van der Waals surface area contributed by atoms with Crippen LogP contribution in [0, 0.1) is 0 Å². The third kappa shape index (κ3) is 6.29. The van der Waals surface area contributed by atoms with Gasteiger partial charge >= 0.3 is 12.0 Å². The molecule has 1 aromatic rings. The Balaban J connectivity index is 2.04. The number of esters is 1. The molecule has 1 fully saturated rings. The van der Waals surface area contributed by atoms with Gasteiger partial charge in [0.25, 0.3) is 0 Å². The summed E-state index contributed by atoms with van der Waals surface area (Å²) in [7, 11) is 1.59. The first-order valence-electron chi connectivity index (χ1n) is 8.99. The lowest BCUT2D eigenvalue weighted by Gasteiger charge is -2.25. The van der Waals surface area contributed by atoms with Crippen LogP contribution in [-0.2, 0) is 9.53 Å². The van der Waals surface area contributed by atoms with Crippen molar-refractivity contribution in [1.29, 1.82) is 0 Å². The maximum absolute atomic E-state index is 12.4. The summed E-state index contributed by atoms with van der Waals surface area (Å²) in [6, 6.07) is 6.86. The minimum Gasteiger partial charge on any atom is -0.497 e. The van der Waals surface area contributed by atoms with Crippen LogP contribution in [0.3, 0.4) is 0 Å². The molecule has 1 aliphatic rings. The van der Waals surface area contributed by atoms with Gasteiger partial charge in [-0.1, -0.05) is 31.4 Å². The first-order valence-corrected chi connectivity index (χ1v) is 8.99. The molecule has 0 unspecified atom stereocenters. The van der Waals surface area contributed by atoms with Crippen LogP contribution in [0.15, 0.2) is 24.3 Å². The van der Waals surface area contributed by atoms with Gasteiger partial charge in [-0.25, -0.2) is 4.79 Å². The number of benzene rings is 1. The fraction of sp³-hybridized carbons (Fsp3) is 0.579. The van der Waals surface area contributed by atoms with Gasteiger partial charge in [0.05, 0.1) is 26.2 Å². The smallest absolute Gasteiger partial charge is 0.315 e. The van der Waals surface area contributed by atoms with Crippen molar-refractivity contribution >= 4 is 12.0 Å². The number of hydrogen-bond acceptors (Lipinski definition) is 4. The van der Waals surface area contributed by atoms with Crippen LogP contribution in [-0.4, -0.2) is 31.8 Å². The minimum atomic E-state index is -0.460. The van der Waals surface area contributed by atoms with Gasteiger partial charge in [0.1, 0.15) is 5.75 Å². The minimum absolute atomic E-state index is 0.0824. The quantitative estimate of drug-likeness (QED) is 0.741. The first kappa shape index (κ1) is 19.1. The topological polar surface area (TPSA) is 76.7 Å². The van der Waals surface area contributed by atoms with Crippen molar-refractivity contribution in [2.24, 2.45) is 0 Å². The highest BCUT2D eigenvalue weighted by Gasteiger charge is 2.22. The van der Waals surface area contributed by atoms with Gasteiger partial charge in [-0.3, -0.25) is 4.79 Å². The van der Waals surface area contributed by atoms with Gasteiger partial charge in [-0.15, -0.1) is 0 Å². The van der Waals surface area contributed by atoms with Crippen LogP contribution in [0.5, 0.6) is 5.75 Å². The van der Waals surface area contributed by atoms with Crippen molar-refractivity contribution in [2.75, 3.05) is 13.7 Å². The molecular weight excluding hydrogens is 320 g/mol. The van der Waals surface area contributed by atoms with E-state index in [-0.39, 0.29) is 24.5 Å². The third-order valence-corrected chi connectivity index (χ3v) is 4.42. The third-order valence-electron chi connectivity index (χ3n) is 4.42. The Morgan fingerprint density at radius 2 is 2.00 bits per heavy atom. The van der Waals surface area contributed by atoms with Crippen molar-refractivity contribution in [3.63, 3.8) is 0 Å². The molecule has 6 heteroatoms. The van der Waals surface area contributed by atoms with E-state index >= 15 is 0 Å². The molecule has 1 aliphatic carbocycles. The van der Waals surface area contributed by atoms with Crippen LogP contribution in [0.25, 0.3) is 0 Å². The molecule has 2 N–H and O–H groups in total. The second-order valence-corrected chi connectivity index (χ2v) is 6.29. The van der Waals surface area contributed by atoms with Crippen molar-refractivity contribution in [1.82, 2.24) is 10.6 Å².